The lowest BCUT2D eigenvalue weighted by atomic mass is 10.2. The zero-order valence-corrected chi connectivity index (χ0v) is 11.7. The lowest BCUT2D eigenvalue weighted by molar-refractivity contribution is 0.00646. The summed E-state index contributed by atoms with van der Waals surface area (Å²) in [5.41, 5.74) is 0. The van der Waals surface area contributed by atoms with Crippen LogP contribution < -0.4 is 5.32 Å². The summed E-state index contributed by atoms with van der Waals surface area (Å²) in [5, 5.41) is 12.8. The molecule has 1 unspecified atom stereocenters. The van der Waals surface area contributed by atoms with Crippen molar-refractivity contribution in [1.29, 1.82) is 0 Å². The van der Waals surface area contributed by atoms with E-state index in [9.17, 15) is 5.11 Å². The molecule has 0 radical (unpaired) electrons. The molecule has 0 aromatic rings. The van der Waals surface area contributed by atoms with E-state index in [2.05, 4.69) is 11.6 Å². The lowest BCUT2D eigenvalue weighted by Gasteiger charge is -2.14. The zero-order valence-electron chi connectivity index (χ0n) is 10.9. The van der Waals surface area contributed by atoms with Gasteiger partial charge in [0, 0.05) is 6.54 Å². The SMILES string of the molecule is CSCCCCCNCC(O)COC(C)C. The Hall–Kier alpha value is 0.230. The minimum absolute atomic E-state index is 0.196. The third kappa shape index (κ3) is 12.3. The summed E-state index contributed by atoms with van der Waals surface area (Å²) in [6.07, 6.45) is 5.71. The van der Waals surface area contributed by atoms with Crippen LogP contribution in [0.1, 0.15) is 33.1 Å². The molecule has 2 N–H and O–H groups in total. The molecule has 1 atom stereocenters. The molecule has 0 heterocycles. The Morgan fingerprint density at radius 3 is 2.62 bits per heavy atom. The second-order valence-electron chi connectivity index (χ2n) is 4.29. The molecule has 98 valence electrons. The van der Waals surface area contributed by atoms with E-state index < -0.39 is 0 Å². The van der Waals surface area contributed by atoms with Crippen LogP contribution in [0.15, 0.2) is 0 Å². The number of aliphatic hydroxyl groups is 1. The van der Waals surface area contributed by atoms with E-state index in [1.54, 1.807) is 0 Å². The Balaban J connectivity index is 3.12. The van der Waals surface area contributed by atoms with E-state index in [-0.39, 0.29) is 12.2 Å². The first-order valence-corrected chi connectivity index (χ1v) is 7.55. The Morgan fingerprint density at radius 1 is 1.25 bits per heavy atom. The van der Waals surface area contributed by atoms with Gasteiger partial charge in [0.05, 0.1) is 18.8 Å². The van der Waals surface area contributed by atoms with Crippen molar-refractivity contribution >= 4 is 11.8 Å². The number of ether oxygens (including phenoxy) is 1. The van der Waals surface area contributed by atoms with E-state index in [0.29, 0.717) is 13.2 Å². The van der Waals surface area contributed by atoms with Crippen molar-refractivity contribution in [3.8, 4) is 0 Å². The first-order valence-electron chi connectivity index (χ1n) is 6.16. The van der Waals surface area contributed by atoms with Gasteiger partial charge in [0.2, 0.25) is 0 Å². The van der Waals surface area contributed by atoms with Crippen LogP contribution in [0.3, 0.4) is 0 Å². The van der Waals surface area contributed by atoms with Gasteiger partial charge in [0.25, 0.3) is 0 Å². The predicted molar refractivity (Wildman–Crippen MR) is 72.2 cm³/mol. The van der Waals surface area contributed by atoms with Crippen molar-refractivity contribution in [2.75, 3.05) is 31.7 Å². The summed E-state index contributed by atoms with van der Waals surface area (Å²) in [7, 11) is 0. The average Bonchev–Trinajstić information content (AvgIpc) is 2.25. The van der Waals surface area contributed by atoms with Crippen LogP contribution in [-0.4, -0.2) is 49.0 Å². The van der Waals surface area contributed by atoms with Gasteiger partial charge in [-0.3, -0.25) is 0 Å². The third-order valence-electron chi connectivity index (χ3n) is 2.20. The van der Waals surface area contributed by atoms with Crippen molar-refractivity contribution in [3.05, 3.63) is 0 Å². The van der Waals surface area contributed by atoms with E-state index in [1.807, 2.05) is 25.6 Å². The molecule has 0 saturated carbocycles. The van der Waals surface area contributed by atoms with Gasteiger partial charge >= 0.3 is 0 Å². The second kappa shape index (κ2) is 11.7. The topological polar surface area (TPSA) is 41.5 Å². The molecule has 3 nitrogen and oxygen atoms in total. The fourth-order valence-electron chi connectivity index (χ4n) is 1.30. The van der Waals surface area contributed by atoms with Crippen molar-refractivity contribution in [2.24, 2.45) is 0 Å². The maximum Gasteiger partial charge on any atom is 0.0897 e. The average molecular weight is 249 g/mol. The number of aliphatic hydroxyl groups excluding tert-OH is 1. The van der Waals surface area contributed by atoms with E-state index in [0.717, 1.165) is 6.54 Å². The summed E-state index contributed by atoms with van der Waals surface area (Å²) in [4.78, 5) is 0. The molecular formula is C12H27NO2S. The molecule has 0 bridgehead atoms. The van der Waals surface area contributed by atoms with Gasteiger partial charge in [-0.1, -0.05) is 6.42 Å². The van der Waals surface area contributed by atoms with Crippen LogP contribution in [0.4, 0.5) is 0 Å². The van der Waals surface area contributed by atoms with Crippen molar-refractivity contribution in [1.82, 2.24) is 5.32 Å². The van der Waals surface area contributed by atoms with Gasteiger partial charge in [-0.15, -0.1) is 0 Å². The fraction of sp³-hybridized carbons (Fsp3) is 1.00. The molecule has 0 spiro atoms. The third-order valence-corrected chi connectivity index (χ3v) is 2.90. The van der Waals surface area contributed by atoms with Crippen molar-refractivity contribution in [2.45, 2.75) is 45.3 Å². The Kier molecular flexibility index (Phi) is 11.9. The zero-order chi connectivity index (χ0) is 12.2. The predicted octanol–water partition coefficient (Wildman–Crippen LogP) is 1.90. The number of hydrogen-bond donors (Lipinski definition) is 2. The first-order chi connectivity index (χ1) is 7.66. The normalized spacial score (nSPS) is 13.3. The van der Waals surface area contributed by atoms with E-state index in [4.69, 9.17) is 4.74 Å². The van der Waals surface area contributed by atoms with Gasteiger partial charge in [-0.25, -0.2) is 0 Å². The standard InChI is InChI=1S/C12H27NO2S/c1-11(2)15-10-12(14)9-13-7-5-4-6-8-16-3/h11-14H,4-10H2,1-3H3. The monoisotopic (exact) mass is 249 g/mol. The highest BCUT2D eigenvalue weighted by atomic mass is 32.2. The molecule has 16 heavy (non-hydrogen) atoms. The molecule has 0 aliphatic heterocycles. The fourth-order valence-corrected chi connectivity index (χ4v) is 1.80. The van der Waals surface area contributed by atoms with Crippen molar-refractivity contribution < 1.29 is 9.84 Å². The smallest absolute Gasteiger partial charge is 0.0897 e. The van der Waals surface area contributed by atoms with Crippen LogP contribution in [0.25, 0.3) is 0 Å². The van der Waals surface area contributed by atoms with E-state index >= 15 is 0 Å². The Bertz CT molecular complexity index is 145. The quantitative estimate of drug-likeness (QED) is 0.549. The highest BCUT2D eigenvalue weighted by molar-refractivity contribution is 7.98. The molecule has 0 rings (SSSR count). The number of unbranched alkanes of at least 4 members (excludes halogenated alkanes) is 2. The maximum atomic E-state index is 9.55. The van der Waals surface area contributed by atoms with Gasteiger partial charge in [0.15, 0.2) is 0 Å². The summed E-state index contributed by atoms with van der Waals surface area (Å²) in [6, 6.07) is 0. The summed E-state index contributed by atoms with van der Waals surface area (Å²) >= 11 is 1.90. The molecule has 4 heteroatoms. The van der Waals surface area contributed by atoms with E-state index in [1.165, 1.54) is 25.0 Å². The molecule has 0 aromatic carbocycles. The largest absolute Gasteiger partial charge is 0.389 e. The summed E-state index contributed by atoms with van der Waals surface area (Å²) in [5.74, 6) is 1.25. The molecule has 0 aliphatic rings. The highest BCUT2D eigenvalue weighted by Crippen LogP contribution is 2.01. The first kappa shape index (κ1) is 16.2. The van der Waals surface area contributed by atoms with Gasteiger partial charge in [-0.05, 0) is 45.2 Å². The van der Waals surface area contributed by atoms with Crippen LogP contribution in [0.2, 0.25) is 0 Å². The Morgan fingerprint density at radius 2 is 2.00 bits per heavy atom. The number of thioether (sulfide) groups is 1. The van der Waals surface area contributed by atoms with Gasteiger partial charge in [-0.2, -0.15) is 11.8 Å². The number of rotatable bonds is 11. The molecule has 0 amide bonds. The number of hydrogen-bond acceptors (Lipinski definition) is 4. The van der Waals surface area contributed by atoms with Crippen molar-refractivity contribution in [3.63, 3.8) is 0 Å². The highest BCUT2D eigenvalue weighted by Gasteiger charge is 2.04. The molecular weight excluding hydrogens is 222 g/mol. The molecule has 0 aliphatic carbocycles. The second-order valence-corrected chi connectivity index (χ2v) is 5.28. The molecule has 0 fully saturated rings. The van der Waals surface area contributed by atoms with Crippen LogP contribution in [-0.2, 0) is 4.74 Å². The minimum atomic E-state index is -0.381. The van der Waals surface area contributed by atoms with Crippen LogP contribution in [0, 0.1) is 0 Å². The molecule has 0 aromatic heterocycles. The minimum Gasteiger partial charge on any atom is -0.389 e. The summed E-state index contributed by atoms with van der Waals surface area (Å²) < 4.78 is 5.32. The summed E-state index contributed by atoms with van der Waals surface area (Å²) in [6.45, 7) is 6.01. The maximum absolute atomic E-state index is 9.55. The lowest BCUT2D eigenvalue weighted by Crippen LogP contribution is -2.31. The molecule has 0 saturated heterocycles. The van der Waals surface area contributed by atoms with Gasteiger partial charge < -0.3 is 15.2 Å². The van der Waals surface area contributed by atoms with Crippen LogP contribution in [0.5, 0.6) is 0 Å². The van der Waals surface area contributed by atoms with Gasteiger partial charge in [0.1, 0.15) is 0 Å². The Labute approximate surface area is 104 Å². The number of nitrogens with one attached hydrogen (secondary N) is 1. The van der Waals surface area contributed by atoms with Crippen LogP contribution >= 0.6 is 11.8 Å².